The maximum Gasteiger partial charge on any atom is 0.284 e. The predicted octanol–water partition coefficient (Wildman–Crippen LogP) is 2.12. The van der Waals surface area contributed by atoms with Gasteiger partial charge in [0.1, 0.15) is 12.3 Å². The Bertz CT molecular complexity index is 300. The second kappa shape index (κ2) is 4.69. The number of rotatable bonds is 3. The van der Waals surface area contributed by atoms with Gasteiger partial charge in [-0.15, -0.1) is 0 Å². The lowest BCUT2D eigenvalue weighted by Gasteiger charge is -2.18. The van der Waals surface area contributed by atoms with Crippen LogP contribution in [0.1, 0.15) is 52.0 Å². The van der Waals surface area contributed by atoms with E-state index in [2.05, 4.69) is 24.6 Å². The van der Waals surface area contributed by atoms with Gasteiger partial charge in [0, 0.05) is 0 Å². The summed E-state index contributed by atoms with van der Waals surface area (Å²) in [6.45, 7) is 4.34. The Balaban J connectivity index is 1.91. The number of hydrogen-bond donors (Lipinski definition) is 0. The first kappa shape index (κ1) is 10.5. The summed E-state index contributed by atoms with van der Waals surface area (Å²) >= 11 is 0. The van der Waals surface area contributed by atoms with Crippen LogP contribution in [0, 0.1) is 0 Å². The summed E-state index contributed by atoms with van der Waals surface area (Å²) in [5.74, 6) is 0. The van der Waals surface area contributed by atoms with Gasteiger partial charge in [0.05, 0.1) is 6.04 Å². The van der Waals surface area contributed by atoms with Gasteiger partial charge in [0.2, 0.25) is 0 Å². The molecule has 15 heavy (non-hydrogen) atoms. The van der Waals surface area contributed by atoms with Crippen LogP contribution in [0.4, 0.5) is 0 Å². The molecule has 1 aromatic rings. The highest BCUT2D eigenvalue weighted by molar-refractivity contribution is 4.68. The molecule has 0 bridgehead atoms. The third-order valence-electron chi connectivity index (χ3n) is 3.05. The van der Waals surface area contributed by atoms with Crippen molar-refractivity contribution in [2.45, 2.75) is 58.1 Å². The molecule has 0 spiro atoms. The highest BCUT2D eigenvalue weighted by Gasteiger charge is 2.18. The molecule has 0 saturated heterocycles. The van der Waals surface area contributed by atoms with E-state index >= 15 is 0 Å². The van der Waals surface area contributed by atoms with E-state index in [-0.39, 0.29) is 0 Å². The zero-order valence-electron chi connectivity index (χ0n) is 9.72. The molecular weight excluding hydrogens is 188 g/mol. The number of imidazole rings is 1. The second-order valence-electron chi connectivity index (χ2n) is 4.68. The minimum Gasteiger partial charge on any atom is -0.333 e. The summed E-state index contributed by atoms with van der Waals surface area (Å²) in [7, 11) is 0. The van der Waals surface area contributed by atoms with Crippen molar-refractivity contribution in [1.82, 2.24) is 4.73 Å². The molecule has 0 aliphatic heterocycles. The van der Waals surface area contributed by atoms with Gasteiger partial charge >= 0.3 is 0 Å². The van der Waals surface area contributed by atoms with Crippen molar-refractivity contribution in [2.75, 3.05) is 0 Å². The van der Waals surface area contributed by atoms with Gasteiger partial charge in [-0.3, -0.25) is 0 Å². The van der Waals surface area contributed by atoms with Crippen molar-refractivity contribution in [3.63, 3.8) is 0 Å². The highest BCUT2D eigenvalue weighted by atomic mass is 16.7. The van der Waals surface area contributed by atoms with Gasteiger partial charge in [0.25, 0.3) is 6.33 Å². The van der Waals surface area contributed by atoms with E-state index in [1.54, 1.807) is 0 Å². The molecule has 0 aromatic carbocycles. The van der Waals surface area contributed by atoms with Crippen LogP contribution in [0.15, 0.2) is 18.7 Å². The Morgan fingerprint density at radius 1 is 1.27 bits per heavy atom. The van der Waals surface area contributed by atoms with E-state index in [0.717, 1.165) is 0 Å². The summed E-state index contributed by atoms with van der Waals surface area (Å²) in [5.41, 5.74) is 0. The van der Waals surface area contributed by atoms with Crippen LogP contribution in [0.25, 0.3) is 0 Å². The van der Waals surface area contributed by atoms with E-state index in [1.165, 1.54) is 32.1 Å². The number of hydrogen-bond acceptors (Lipinski definition) is 1. The van der Waals surface area contributed by atoms with Crippen molar-refractivity contribution in [1.29, 1.82) is 0 Å². The summed E-state index contributed by atoms with van der Waals surface area (Å²) in [4.78, 5) is 5.88. The molecule has 0 radical (unpaired) electrons. The highest BCUT2D eigenvalue weighted by Crippen LogP contribution is 2.18. The fourth-order valence-corrected chi connectivity index (χ4v) is 2.06. The van der Waals surface area contributed by atoms with Gasteiger partial charge in [-0.25, -0.2) is 4.57 Å². The zero-order chi connectivity index (χ0) is 10.7. The van der Waals surface area contributed by atoms with E-state index in [1.807, 2.05) is 17.3 Å². The Kier molecular flexibility index (Phi) is 3.29. The molecule has 2 rings (SSSR count). The molecule has 1 heterocycles. The average Bonchev–Trinajstić information content (AvgIpc) is 2.68. The summed E-state index contributed by atoms with van der Waals surface area (Å²) in [6, 6.07) is 0.501. The van der Waals surface area contributed by atoms with Crippen LogP contribution in [-0.4, -0.2) is 10.8 Å². The van der Waals surface area contributed by atoms with Gasteiger partial charge in [0.15, 0.2) is 6.20 Å². The Morgan fingerprint density at radius 2 is 2.00 bits per heavy atom. The fourth-order valence-electron chi connectivity index (χ4n) is 2.06. The van der Waals surface area contributed by atoms with E-state index in [0.29, 0.717) is 12.1 Å². The van der Waals surface area contributed by atoms with Crippen molar-refractivity contribution in [2.24, 2.45) is 0 Å². The maximum atomic E-state index is 5.88. The zero-order valence-corrected chi connectivity index (χ0v) is 9.72. The topological polar surface area (TPSA) is 18.0 Å². The summed E-state index contributed by atoms with van der Waals surface area (Å²) < 4.78 is 4.01. The molecule has 3 heteroatoms. The van der Waals surface area contributed by atoms with Gasteiger partial charge in [-0.1, -0.05) is 11.2 Å². The molecule has 0 N–H and O–H groups in total. The Morgan fingerprint density at radius 3 is 2.60 bits per heavy atom. The molecular formula is C12H21N2O+. The molecule has 3 nitrogen and oxygen atoms in total. The average molecular weight is 209 g/mol. The molecule has 1 aliphatic carbocycles. The lowest BCUT2D eigenvalue weighted by atomic mass is 9.98. The van der Waals surface area contributed by atoms with E-state index < -0.39 is 0 Å². The van der Waals surface area contributed by atoms with Crippen molar-refractivity contribution >= 4 is 0 Å². The first-order valence-electron chi connectivity index (χ1n) is 6.01. The van der Waals surface area contributed by atoms with Crippen LogP contribution < -0.4 is 9.40 Å². The Labute approximate surface area is 91.6 Å². The minimum atomic E-state index is 0.423. The normalized spacial score (nSPS) is 18.3. The van der Waals surface area contributed by atoms with E-state index in [4.69, 9.17) is 4.84 Å². The summed E-state index contributed by atoms with van der Waals surface area (Å²) in [5, 5.41) is 0. The van der Waals surface area contributed by atoms with Crippen LogP contribution in [0.2, 0.25) is 0 Å². The third-order valence-corrected chi connectivity index (χ3v) is 3.05. The quantitative estimate of drug-likeness (QED) is 0.697. The third kappa shape index (κ3) is 2.74. The van der Waals surface area contributed by atoms with Crippen molar-refractivity contribution in [3.8, 4) is 0 Å². The largest absolute Gasteiger partial charge is 0.333 e. The van der Waals surface area contributed by atoms with Gasteiger partial charge in [-0.2, -0.15) is 0 Å². The lowest BCUT2D eigenvalue weighted by Crippen LogP contribution is -2.35. The van der Waals surface area contributed by atoms with Crippen molar-refractivity contribution in [3.05, 3.63) is 18.7 Å². The molecule has 84 valence electrons. The van der Waals surface area contributed by atoms with E-state index in [9.17, 15) is 0 Å². The lowest BCUT2D eigenvalue weighted by molar-refractivity contribution is -0.716. The van der Waals surface area contributed by atoms with Crippen molar-refractivity contribution < 1.29 is 9.40 Å². The number of nitrogens with zero attached hydrogens (tertiary/aromatic N) is 2. The van der Waals surface area contributed by atoms with Crippen LogP contribution in [-0.2, 0) is 0 Å². The maximum absolute atomic E-state index is 5.88. The molecule has 1 saturated carbocycles. The molecule has 1 aliphatic rings. The SMILES string of the molecule is CC(C)[n+]1ccn(OC2CCCCC2)c1. The standard InChI is InChI=1S/C12H21N2O/c1-11(2)13-8-9-14(10-13)15-12-6-4-3-5-7-12/h8-12H,3-7H2,1-2H3/q+1. The van der Waals surface area contributed by atoms with Gasteiger partial charge < -0.3 is 4.84 Å². The Hall–Kier alpha value is -0.990. The molecule has 1 fully saturated rings. The molecule has 0 amide bonds. The first-order valence-corrected chi connectivity index (χ1v) is 6.01. The number of aromatic nitrogens is 2. The fraction of sp³-hybridized carbons (Fsp3) is 0.750. The molecule has 1 aromatic heterocycles. The summed E-state index contributed by atoms with van der Waals surface area (Å²) in [6.07, 6.45) is 12.9. The smallest absolute Gasteiger partial charge is 0.284 e. The predicted molar refractivity (Wildman–Crippen MR) is 58.5 cm³/mol. The minimum absolute atomic E-state index is 0.423. The molecule has 0 unspecified atom stereocenters. The monoisotopic (exact) mass is 209 g/mol. The van der Waals surface area contributed by atoms with Crippen LogP contribution in [0.5, 0.6) is 0 Å². The second-order valence-corrected chi connectivity index (χ2v) is 4.68. The first-order chi connectivity index (χ1) is 7.25. The van der Waals surface area contributed by atoms with Gasteiger partial charge in [-0.05, 0) is 39.5 Å². The van der Waals surface area contributed by atoms with Crippen LogP contribution >= 0.6 is 0 Å². The molecule has 0 atom stereocenters. The van der Waals surface area contributed by atoms with Crippen LogP contribution in [0.3, 0.4) is 0 Å².